The molecular formula is C18H25N3. The van der Waals surface area contributed by atoms with E-state index in [9.17, 15) is 0 Å². The summed E-state index contributed by atoms with van der Waals surface area (Å²) in [7, 11) is 0. The maximum Gasteiger partial charge on any atom is 0.0596 e. The first kappa shape index (κ1) is 14.3. The molecule has 0 aliphatic heterocycles. The van der Waals surface area contributed by atoms with E-state index in [0.717, 1.165) is 37.7 Å². The molecule has 1 aromatic heterocycles. The standard InChI is InChI=1S/C18H25N3/c1-14-12-15(2)21(20-14)11-3-10-19-13-16-4-6-17(7-5-16)18-8-9-18/h4-7,12,18-19H,3,8-11,13H2,1-2H3. The lowest BCUT2D eigenvalue weighted by molar-refractivity contribution is 0.532. The third-order valence-electron chi connectivity index (χ3n) is 4.18. The summed E-state index contributed by atoms with van der Waals surface area (Å²) in [5.41, 5.74) is 5.26. The molecule has 0 radical (unpaired) electrons. The fraction of sp³-hybridized carbons (Fsp3) is 0.500. The van der Waals surface area contributed by atoms with Crippen LogP contribution in [-0.4, -0.2) is 16.3 Å². The smallest absolute Gasteiger partial charge is 0.0596 e. The Morgan fingerprint density at radius 1 is 1.19 bits per heavy atom. The van der Waals surface area contributed by atoms with Crippen LogP contribution in [0.1, 0.15) is 47.7 Å². The number of benzene rings is 1. The molecule has 1 aliphatic rings. The summed E-state index contributed by atoms with van der Waals surface area (Å²) in [6.45, 7) is 7.15. The number of hydrogen-bond donors (Lipinski definition) is 1. The predicted molar refractivity (Wildman–Crippen MR) is 86.4 cm³/mol. The molecule has 3 rings (SSSR count). The first-order chi connectivity index (χ1) is 10.2. The van der Waals surface area contributed by atoms with Crippen molar-refractivity contribution >= 4 is 0 Å². The van der Waals surface area contributed by atoms with Crippen LogP contribution in [0.25, 0.3) is 0 Å². The number of aromatic nitrogens is 2. The van der Waals surface area contributed by atoms with Crippen molar-refractivity contribution in [3.05, 3.63) is 52.8 Å². The lowest BCUT2D eigenvalue weighted by Crippen LogP contribution is -2.17. The van der Waals surface area contributed by atoms with Crippen LogP contribution >= 0.6 is 0 Å². The second-order valence-corrected chi connectivity index (χ2v) is 6.20. The molecule has 1 N–H and O–H groups in total. The Kier molecular flexibility index (Phi) is 4.39. The molecule has 0 amide bonds. The van der Waals surface area contributed by atoms with Crippen LogP contribution in [0, 0.1) is 13.8 Å². The van der Waals surface area contributed by atoms with Crippen molar-refractivity contribution in [2.75, 3.05) is 6.54 Å². The number of rotatable bonds is 7. The maximum absolute atomic E-state index is 4.49. The Bertz CT molecular complexity index is 579. The summed E-state index contributed by atoms with van der Waals surface area (Å²) in [6.07, 6.45) is 3.87. The van der Waals surface area contributed by atoms with E-state index < -0.39 is 0 Å². The SMILES string of the molecule is Cc1cc(C)n(CCCNCc2ccc(C3CC3)cc2)n1. The molecule has 0 bridgehead atoms. The van der Waals surface area contributed by atoms with Crippen LogP contribution in [0.5, 0.6) is 0 Å². The lowest BCUT2D eigenvalue weighted by Gasteiger charge is -2.07. The molecule has 1 aromatic carbocycles. The Morgan fingerprint density at radius 3 is 2.57 bits per heavy atom. The van der Waals surface area contributed by atoms with Crippen molar-refractivity contribution in [3.8, 4) is 0 Å². The summed E-state index contributed by atoms with van der Waals surface area (Å²) >= 11 is 0. The molecule has 2 aromatic rings. The first-order valence-corrected chi connectivity index (χ1v) is 8.03. The molecule has 0 spiro atoms. The van der Waals surface area contributed by atoms with Crippen molar-refractivity contribution < 1.29 is 0 Å². The Hall–Kier alpha value is -1.61. The summed E-state index contributed by atoms with van der Waals surface area (Å²) in [5.74, 6) is 0.854. The highest BCUT2D eigenvalue weighted by Gasteiger charge is 2.22. The molecule has 1 fully saturated rings. The second kappa shape index (κ2) is 6.44. The number of nitrogens with zero attached hydrogens (tertiary/aromatic N) is 2. The van der Waals surface area contributed by atoms with Crippen LogP contribution in [0.4, 0.5) is 0 Å². The topological polar surface area (TPSA) is 29.9 Å². The molecule has 0 atom stereocenters. The van der Waals surface area contributed by atoms with E-state index in [4.69, 9.17) is 0 Å². The van der Waals surface area contributed by atoms with Crippen molar-refractivity contribution in [2.45, 2.75) is 52.1 Å². The third kappa shape index (κ3) is 3.94. The first-order valence-electron chi connectivity index (χ1n) is 8.03. The summed E-state index contributed by atoms with van der Waals surface area (Å²) in [6, 6.07) is 11.3. The Balaban J connectivity index is 1.37. The highest BCUT2D eigenvalue weighted by Crippen LogP contribution is 2.39. The van der Waals surface area contributed by atoms with Gasteiger partial charge >= 0.3 is 0 Å². The van der Waals surface area contributed by atoms with Gasteiger partial charge in [0.2, 0.25) is 0 Å². The molecule has 112 valence electrons. The van der Waals surface area contributed by atoms with Gasteiger partial charge in [-0.3, -0.25) is 4.68 Å². The molecule has 0 saturated heterocycles. The van der Waals surface area contributed by atoms with Gasteiger partial charge in [-0.25, -0.2) is 0 Å². The lowest BCUT2D eigenvalue weighted by atomic mass is 10.1. The summed E-state index contributed by atoms with van der Waals surface area (Å²) in [5, 5.41) is 8.01. The van der Waals surface area contributed by atoms with Gasteiger partial charge in [-0.1, -0.05) is 24.3 Å². The van der Waals surface area contributed by atoms with Crippen LogP contribution < -0.4 is 5.32 Å². The van der Waals surface area contributed by atoms with Crippen LogP contribution in [0.15, 0.2) is 30.3 Å². The molecule has 0 unspecified atom stereocenters. The van der Waals surface area contributed by atoms with Gasteiger partial charge in [-0.2, -0.15) is 5.10 Å². The molecule has 21 heavy (non-hydrogen) atoms. The number of hydrogen-bond acceptors (Lipinski definition) is 2. The molecule has 1 heterocycles. The van der Waals surface area contributed by atoms with Crippen LogP contribution in [-0.2, 0) is 13.1 Å². The normalized spacial score (nSPS) is 14.6. The van der Waals surface area contributed by atoms with Gasteiger partial charge in [-0.05, 0) is 62.8 Å². The van der Waals surface area contributed by atoms with Gasteiger partial charge in [0, 0.05) is 18.8 Å². The van der Waals surface area contributed by atoms with Gasteiger partial charge in [0.05, 0.1) is 5.69 Å². The van der Waals surface area contributed by atoms with E-state index in [2.05, 4.69) is 52.4 Å². The van der Waals surface area contributed by atoms with Crippen molar-refractivity contribution in [2.24, 2.45) is 0 Å². The fourth-order valence-corrected chi connectivity index (χ4v) is 2.81. The van der Waals surface area contributed by atoms with Gasteiger partial charge in [0.1, 0.15) is 0 Å². The van der Waals surface area contributed by atoms with Gasteiger partial charge in [0.25, 0.3) is 0 Å². The van der Waals surface area contributed by atoms with E-state index in [-0.39, 0.29) is 0 Å². The number of nitrogens with one attached hydrogen (secondary N) is 1. The number of aryl methyl sites for hydroxylation is 3. The summed E-state index contributed by atoms with van der Waals surface area (Å²) in [4.78, 5) is 0. The highest BCUT2D eigenvalue weighted by molar-refractivity contribution is 5.27. The predicted octanol–water partition coefficient (Wildman–Crippen LogP) is 3.56. The molecule has 3 heteroatoms. The minimum atomic E-state index is 0.854. The zero-order valence-electron chi connectivity index (χ0n) is 13.1. The van der Waals surface area contributed by atoms with Gasteiger partial charge in [-0.15, -0.1) is 0 Å². The molecule has 3 nitrogen and oxygen atoms in total. The third-order valence-corrected chi connectivity index (χ3v) is 4.18. The van der Waals surface area contributed by atoms with Crippen molar-refractivity contribution in [1.29, 1.82) is 0 Å². The second-order valence-electron chi connectivity index (χ2n) is 6.20. The van der Waals surface area contributed by atoms with Crippen molar-refractivity contribution in [1.82, 2.24) is 15.1 Å². The Morgan fingerprint density at radius 2 is 1.95 bits per heavy atom. The van der Waals surface area contributed by atoms with Crippen molar-refractivity contribution in [3.63, 3.8) is 0 Å². The van der Waals surface area contributed by atoms with Crippen LogP contribution in [0.2, 0.25) is 0 Å². The highest BCUT2D eigenvalue weighted by atomic mass is 15.3. The minimum Gasteiger partial charge on any atom is -0.313 e. The fourth-order valence-electron chi connectivity index (χ4n) is 2.81. The molecule has 1 saturated carbocycles. The largest absolute Gasteiger partial charge is 0.313 e. The zero-order chi connectivity index (χ0) is 14.7. The monoisotopic (exact) mass is 283 g/mol. The molecule has 1 aliphatic carbocycles. The molecular weight excluding hydrogens is 258 g/mol. The van der Waals surface area contributed by atoms with E-state index in [0.29, 0.717) is 0 Å². The van der Waals surface area contributed by atoms with Gasteiger partial charge in [0.15, 0.2) is 0 Å². The summed E-state index contributed by atoms with van der Waals surface area (Å²) < 4.78 is 2.10. The van der Waals surface area contributed by atoms with Gasteiger partial charge < -0.3 is 5.32 Å². The quantitative estimate of drug-likeness (QED) is 0.787. The van der Waals surface area contributed by atoms with E-state index in [1.807, 2.05) is 6.92 Å². The van der Waals surface area contributed by atoms with E-state index >= 15 is 0 Å². The maximum atomic E-state index is 4.49. The van der Waals surface area contributed by atoms with Crippen LogP contribution in [0.3, 0.4) is 0 Å². The Labute approximate surface area is 127 Å². The van der Waals surface area contributed by atoms with E-state index in [1.54, 1.807) is 0 Å². The average Bonchev–Trinajstić information content (AvgIpc) is 3.26. The average molecular weight is 283 g/mol. The van der Waals surface area contributed by atoms with E-state index in [1.165, 1.54) is 29.7 Å². The zero-order valence-corrected chi connectivity index (χ0v) is 13.1. The minimum absolute atomic E-state index is 0.854.